The summed E-state index contributed by atoms with van der Waals surface area (Å²) in [7, 11) is -3.20. The van der Waals surface area contributed by atoms with Crippen molar-refractivity contribution in [3.8, 4) is 0 Å². The van der Waals surface area contributed by atoms with Crippen LogP contribution < -0.4 is 0 Å². The Morgan fingerprint density at radius 1 is 1.14 bits per heavy atom. The average molecular weight is 318 g/mol. The van der Waals surface area contributed by atoms with Crippen molar-refractivity contribution in [2.45, 2.75) is 38.6 Å². The first-order valence-electron chi connectivity index (χ1n) is 7.38. The number of rotatable bonds is 4. The molecule has 0 aromatic heterocycles. The normalized spacial score (nSPS) is 25.2. The van der Waals surface area contributed by atoms with Crippen LogP contribution in [0.25, 0.3) is 0 Å². The molecule has 0 aromatic carbocycles. The fourth-order valence-electron chi connectivity index (χ4n) is 3.09. The van der Waals surface area contributed by atoms with Crippen LogP contribution in [-0.4, -0.2) is 66.0 Å². The van der Waals surface area contributed by atoms with Gasteiger partial charge in [0.1, 0.15) is 6.04 Å². The summed E-state index contributed by atoms with van der Waals surface area (Å²) in [5, 5.41) is 9.13. The summed E-state index contributed by atoms with van der Waals surface area (Å²) in [5.41, 5.74) is 0. The highest BCUT2D eigenvalue weighted by Gasteiger charge is 2.38. The molecule has 1 atom stereocenters. The molecule has 0 spiro atoms. The van der Waals surface area contributed by atoms with E-state index in [2.05, 4.69) is 0 Å². The first-order chi connectivity index (χ1) is 9.86. The van der Waals surface area contributed by atoms with Gasteiger partial charge < -0.3 is 10.0 Å². The van der Waals surface area contributed by atoms with E-state index >= 15 is 0 Å². The molecule has 1 amide bonds. The standard InChI is InChI=1S/C13H22N2O5S/c1-2-21(19,20)14-8-5-10(6-9-14)12(16)15-7-3-4-11(15)13(17)18/h10-11H,2-9H2,1H3,(H,17,18). The molecular formula is C13H22N2O5S. The van der Waals surface area contributed by atoms with Crippen molar-refractivity contribution in [3.05, 3.63) is 0 Å². The molecule has 0 bridgehead atoms. The maximum absolute atomic E-state index is 12.4. The summed E-state index contributed by atoms with van der Waals surface area (Å²) >= 11 is 0. The zero-order chi connectivity index (χ0) is 15.6. The van der Waals surface area contributed by atoms with Crippen molar-refractivity contribution >= 4 is 21.9 Å². The Kier molecular flexibility index (Phi) is 4.88. The molecular weight excluding hydrogens is 296 g/mol. The number of carboxylic acids is 1. The number of nitrogens with zero attached hydrogens (tertiary/aromatic N) is 2. The Morgan fingerprint density at radius 3 is 2.29 bits per heavy atom. The minimum absolute atomic E-state index is 0.0683. The third kappa shape index (κ3) is 3.37. The average Bonchev–Trinajstić information content (AvgIpc) is 2.96. The second-order valence-corrected chi connectivity index (χ2v) is 7.86. The second-order valence-electron chi connectivity index (χ2n) is 5.60. The van der Waals surface area contributed by atoms with Crippen molar-refractivity contribution in [1.29, 1.82) is 0 Å². The largest absolute Gasteiger partial charge is 0.480 e. The Hall–Kier alpha value is -1.15. The van der Waals surface area contributed by atoms with Crippen molar-refractivity contribution in [2.24, 2.45) is 5.92 Å². The maximum Gasteiger partial charge on any atom is 0.326 e. The van der Waals surface area contributed by atoms with Crippen LogP contribution in [0.15, 0.2) is 0 Å². The fraction of sp³-hybridized carbons (Fsp3) is 0.846. The molecule has 120 valence electrons. The van der Waals surface area contributed by atoms with Gasteiger partial charge in [0.15, 0.2) is 0 Å². The molecule has 0 radical (unpaired) electrons. The van der Waals surface area contributed by atoms with Crippen molar-refractivity contribution < 1.29 is 23.1 Å². The Labute approximate surface area is 125 Å². The number of aliphatic carboxylic acids is 1. The van der Waals surface area contributed by atoms with Crippen molar-refractivity contribution in [2.75, 3.05) is 25.4 Å². The van der Waals surface area contributed by atoms with E-state index in [1.165, 1.54) is 9.21 Å². The first-order valence-corrected chi connectivity index (χ1v) is 8.99. The van der Waals surface area contributed by atoms with Gasteiger partial charge in [0.05, 0.1) is 5.75 Å². The number of sulfonamides is 1. The van der Waals surface area contributed by atoms with Gasteiger partial charge >= 0.3 is 5.97 Å². The van der Waals surface area contributed by atoms with Crippen LogP contribution in [0.2, 0.25) is 0 Å². The van der Waals surface area contributed by atoms with Crippen molar-refractivity contribution in [3.63, 3.8) is 0 Å². The Bertz CT molecular complexity index is 511. The fourth-order valence-corrected chi connectivity index (χ4v) is 4.22. The smallest absolute Gasteiger partial charge is 0.326 e. The zero-order valence-corrected chi connectivity index (χ0v) is 13.0. The minimum Gasteiger partial charge on any atom is -0.480 e. The number of hydrogen-bond donors (Lipinski definition) is 1. The number of hydrogen-bond acceptors (Lipinski definition) is 4. The molecule has 1 unspecified atom stereocenters. The predicted molar refractivity (Wildman–Crippen MR) is 76.1 cm³/mol. The lowest BCUT2D eigenvalue weighted by molar-refractivity contribution is -0.150. The molecule has 2 rings (SSSR count). The van der Waals surface area contributed by atoms with E-state index in [1.54, 1.807) is 6.92 Å². The van der Waals surface area contributed by atoms with Crippen LogP contribution in [0.4, 0.5) is 0 Å². The number of likely N-dealkylation sites (tertiary alicyclic amines) is 1. The summed E-state index contributed by atoms with van der Waals surface area (Å²) in [4.78, 5) is 25.0. The van der Waals surface area contributed by atoms with Crippen LogP contribution >= 0.6 is 0 Å². The number of piperidine rings is 1. The Balaban J connectivity index is 1.96. The molecule has 0 saturated carbocycles. The molecule has 8 heteroatoms. The highest BCUT2D eigenvalue weighted by Crippen LogP contribution is 2.26. The van der Waals surface area contributed by atoms with Crippen LogP contribution in [0.3, 0.4) is 0 Å². The van der Waals surface area contributed by atoms with Crippen LogP contribution in [0.5, 0.6) is 0 Å². The number of carbonyl (C=O) groups excluding carboxylic acids is 1. The molecule has 2 fully saturated rings. The number of carboxylic acid groups (broad SMARTS) is 1. The molecule has 0 aromatic rings. The molecule has 2 aliphatic heterocycles. The van der Waals surface area contributed by atoms with Crippen LogP contribution in [0, 0.1) is 5.92 Å². The van der Waals surface area contributed by atoms with Gasteiger partial charge in [-0.15, -0.1) is 0 Å². The summed E-state index contributed by atoms with van der Waals surface area (Å²) in [6, 6.07) is -0.713. The lowest BCUT2D eigenvalue weighted by atomic mass is 9.96. The van der Waals surface area contributed by atoms with Crippen LogP contribution in [-0.2, 0) is 19.6 Å². The summed E-state index contributed by atoms with van der Waals surface area (Å²) in [6.07, 6.45) is 2.16. The number of carbonyl (C=O) groups is 2. The van der Waals surface area contributed by atoms with Gasteiger partial charge in [-0.3, -0.25) is 4.79 Å². The predicted octanol–water partition coefficient (Wildman–Crippen LogP) is 0.124. The molecule has 0 aliphatic carbocycles. The monoisotopic (exact) mass is 318 g/mol. The molecule has 2 heterocycles. The summed E-state index contributed by atoms with van der Waals surface area (Å²) < 4.78 is 25.0. The topological polar surface area (TPSA) is 95.0 Å². The van der Waals surface area contributed by atoms with Gasteiger partial charge in [-0.25, -0.2) is 17.5 Å². The highest BCUT2D eigenvalue weighted by atomic mass is 32.2. The van der Waals surface area contributed by atoms with Gasteiger partial charge in [-0.05, 0) is 32.6 Å². The van der Waals surface area contributed by atoms with Gasteiger partial charge in [-0.2, -0.15) is 0 Å². The maximum atomic E-state index is 12.4. The zero-order valence-electron chi connectivity index (χ0n) is 12.2. The third-order valence-corrected chi connectivity index (χ3v) is 6.26. The van der Waals surface area contributed by atoms with E-state index in [1.807, 2.05) is 0 Å². The third-order valence-electron chi connectivity index (χ3n) is 4.38. The molecule has 2 aliphatic rings. The lowest BCUT2D eigenvalue weighted by Gasteiger charge is -2.33. The SMILES string of the molecule is CCS(=O)(=O)N1CCC(C(=O)N2CCCC2C(=O)O)CC1. The van der Waals surface area contributed by atoms with E-state index in [0.29, 0.717) is 45.3 Å². The molecule has 2 saturated heterocycles. The molecule has 21 heavy (non-hydrogen) atoms. The lowest BCUT2D eigenvalue weighted by Crippen LogP contribution is -2.47. The van der Waals surface area contributed by atoms with E-state index in [4.69, 9.17) is 5.11 Å². The summed E-state index contributed by atoms with van der Waals surface area (Å²) in [5.74, 6) is -1.27. The quantitative estimate of drug-likeness (QED) is 0.794. The molecule has 1 N–H and O–H groups in total. The second kappa shape index (κ2) is 6.31. The van der Waals surface area contributed by atoms with E-state index < -0.39 is 22.0 Å². The molecule has 7 nitrogen and oxygen atoms in total. The van der Waals surface area contributed by atoms with Gasteiger partial charge in [-0.1, -0.05) is 0 Å². The van der Waals surface area contributed by atoms with E-state index in [0.717, 1.165) is 0 Å². The van der Waals surface area contributed by atoms with Gasteiger partial charge in [0.25, 0.3) is 0 Å². The Morgan fingerprint density at radius 2 is 1.76 bits per heavy atom. The minimum atomic E-state index is -3.20. The van der Waals surface area contributed by atoms with Gasteiger partial charge in [0.2, 0.25) is 15.9 Å². The van der Waals surface area contributed by atoms with Crippen LogP contribution in [0.1, 0.15) is 32.6 Å². The first kappa shape index (κ1) is 16.2. The van der Waals surface area contributed by atoms with E-state index in [9.17, 15) is 18.0 Å². The highest BCUT2D eigenvalue weighted by molar-refractivity contribution is 7.89. The van der Waals surface area contributed by atoms with Gasteiger partial charge in [0, 0.05) is 25.6 Å². The number of amides is 1. The van der Waals surface area contributed by atoms with Crippen molar-refractivity contribution in [1.82, 2.24) is 9.21 Å². The summed E-state index contributed by atoms with van der Waals surface area (Å²) in [6.45, 7) is 2.79. The van der Waals surface area contributed by atoms with E-state index in [-0.39, 0.29) is 17.6 Å².